The van der Waals surface area contributed by atoms with Crippen LogP contribution in [0.2, 0.25) is 0 Å². The second-order valence-corrected chi connectivity index (χ2v) is 8.04. The minimum Gasteiger partial charge on any atom is -0.482 e. The fourth-order valence-corrected chi connectivity index (χ4v) is 2.94. The van der Waals surface area contributed by atoms with E-state index in [9.17, 15) is 4.79 Å². The molecule has 0 aliphatic heterocycles. The average Bonchev–Trinajstić information content (AvgIpc) is 2.73. The normalized spacial score (nSPS) is 11.2. The van der Waals surface area contributed by atoms with Crippen molar-refractivity contribution in [1.29, 1.82) is 0 Å². The Morgan fingerprint density at radius 1 is 0.933 bits per heavy atom. The second kappa shape index (κ2) is 10.0. The lowest BCUT2D eigenvalue weighted by Crippen LogP contribution is -2.27. The predicted octanol–water partition coefficient (Wildman–Crippen LogP) is 4.76. The summed E-state index contributed by atoms with van der Waals surface area (Å²) in [5, 5.41) is 3.44. The average molecular weight is 405 g/mol. The number of hydrogen-bond donors (Lipinski definition) is 1. The topological polar surface area (TPSA) is 60.5 Å². The largest absolute Gasteiger partial charge is 0.482 e. The van der Waals surface area contributed by atoms with Crippen LogP contribution >= 0.6 is 0 Å². The molecule has 156 valence electrons. The zero-order valence-corrected chi connectivity index (χ0v) is 17.7. The van der Waals surface area contributed by atoms with Crippen LogP contribution < -0.4 is 10.1 Å². The van der Waals surface area contributed by atoms with Crippen LogP contribution in [0, 0.1) is 0 Å². The lowest BCUT2D eigenvalue weighted by atomic mass is 10.1. The maximum absolute atomic E-state index is 11.8. The van der Waals surface area contributed by atoms with Crippen LogP contribution in [0.3, 0.4) is 0 Å². The third kappa shape index (κ3) is 7.01. The number of nitrogens with zero attached hydrogens (tertiary/aromatic N) is 1. The fraction of sp³-hybridized carbons (Fsp3) is 0.280. The van der Waals surface area contributed by atoms with Gasteiger partial charge in [0.25, 0.3) is 0 Å². The van der Waals surface area contributed by atoms with Crippen LogP contribution in [0.1, 0.15) is 31.9 Å². The van der Waals surface area contributed by atoms with Crippen molar-refractivity contribution in [2.45, 2.75) is 39.5 Å². The van der Waals surface area contributed by atoms with Crippen molar-refractivity contribution >= 4 is 5.97 Å². The molecule has 3 rings (SSSR count). The number of carbonyl (C=O) groups is 1. The van der Waals surface area contributed by atoms with E-state index < -0.39 is 5.60 Å². The molecule has 0 aliphatic carbocycles. The highest BCUT2D eigenvalue weighted by molar-refractivity contribution is 5.71. The summed E-state index contributed by atoms with van der Waals surface area (Å²) in [6.07, 6.45) is 1.80. The van der Waals surface area contributed by atoms with E-state index in [4.69, 9.17) is 9.47 Å². The summed E-state index contributed by atoms with van der Waals surface area (Å²) >= 11 is 0. The van der Waals surface area contributed by atoms with Gasteiger partial charge in [0, 0.05) is 24.8 Å². The molecule has 0 bridgehead atoms. The van der Waals surface area contributed by atoms with Crippen molar-refractivity contribution in [1.82, 2.24) is 10.3 Å². The van der Waals surface area contributed by atoms with E-state index in [1.54, 1.807) is 6.20 Å². The van der Waals surface area contributed by atoms with Crippen molar-refractivity contribution in [3.05, 3.63) is 84.1 Å². The molecule has 1 heterocycles. The summed E-state index contributed by atoms with van der Waals surface area (Å²) in [6, 6.07) is 22.0. The predicted molar refractivity (Wildman–Crippen MR) is 118 cm³/mol. The molecule has 2 aromatic carbocycles. The molecule has 0 spiro atoms. The highest BCUT2D eigenvalue weighted by atomic mass is 16.6. The fourth-order valence-electron chi connectivity index (χ4n) is 2.94. The Morgan fingerprint density at radius 3 is 2.40 bits per heavy atom. The highest BCUT2D eigenvalue weighted by Crippen LogP contribution is 2.17. The maximum atomic E-state index is 11.8. The Morgan fingerprint density at radius 2 is 1.70 bits per heavy atom. The van der Waals surface area contributed by atoms with Crippen LogP contribution in [-0.4, -0.2) is 23.2 Å². The summed E-state index contributed by atoms with van der Waals surface area (Å²) in [5.41, 5.74) is 3.85. The Bertz CT molecular complexity index is 948. The highest BCUT2D eigenvalue weighted by Gasteiger charge is 2.16. The molecule has 5 nitrogen and oxygen atoms in total. The van der Waals surface area contributed by atoms with Gasteiger partial charge in [-0.15, -0.1) is 0 Å². The monoisotopic (exact) mass is 404 g/mol. The van der Waals surface area contributed by atoms with Crippen LogP contribution in [-0.2, 0) is 22.6 Å². The van der Waals surface area contributed by atoms with Gasteiger partial charge in [0.2, 0.25) is 0 Å². The number of aromatic nitrogens is 1. The van der Waals surface area contributed by atoms with Crippen LogP contribution in [0.15, 0.2) is 72.9 Å². The number of ether oxygens (including phenoxy) is 2. The minimum absolute atomic E-state index is 0.100. The van der Waals surface area contributed by atoms with Gasteiger partial charge >= 0.3 is 5.97 Å². The van der Waals surface area contributed by atoms with E-state index in [1.165, 1.54) is 5.56 Å². The molecule has 5 heteroatoms. The van der Waals surface area contributed by atoms with E-state index in [-0.39, 0.29) is 12.6 Å². The molecule has 0 atom stereocenters. The smallest absolute Gasteiger partial charge is 0.344 e. The molecular weight excluding hydrogens is 376 g/mol. The van der Waals surface area contributed by atoms with Gasteiger partial charge in [0.05, 0.1) is 5.69 Å². The quantitative estimate of drug-likeness (QED) is 0.549. The summed E-state index contributed by atoms with van der Waals surface area (Å²) < 4.78 is 10.8. The first-order valence-electron chi connectivity index (χ1n) is 10.0. The number of esters is 1. The van der Waals surface area contributed by atoms with E-state index >= 15 is 0 Å². The van der Waals surface area contributed by atoms with Gasteiger partial charge in [-0.3, -0.25) is 4.98 Å². The number of rotatable bonds is 8. The molecule has 0 saturated heterocycles. The molecule has 0 radical (unpaired) electrons. The minimum atomic E-state index is -0.512. The van der Waals surface area contributed by atoms with E-state index in [1.807, 2.05) is 63.2 Å². The molecule has 3 aromatic rings. The lowest BCUT2D eigenvalue weighted by Gasteiger charge is -2.19. The Kier molecular flexibility index (Phi) is 7.20. The summed E-state index contributed by atoms with van der Waals surface area (Å²) in [4.78, 5) is 16.2. The van der Waals surface area contributed by atoms with Gasteiger partial charge in [0.15, 0.2) is 6.61 Å². The van der Waals surface area contributed by atoms with E-state index in [0.717, 1.165) is 23.4 Å². The standard InChI is InChI=1S/C25H28N2O3/c1-25(2,3)30-24(28)18-29-22-8-6-7-20(15-22)17-26-16-19-10-12-21(13-11-19)23-9-4-5-14-27-23/h4-15,26H,16-18H2,1-3H3. The van der Waals surface area contributed by atoms with Gasteiger partial charge in [0.1, 0.15) is 11.4 Å². The van der Waals surface area contributed by atoms with Gasteiger partial charge in [-0.25, -0.2) is 4.79 Å². The third-order valence-electron chi connectivity index (χ3n) is 4.25. The summed E-state index contributed by atoms with van der Waals surface area (Å²) in [6.45, 7) is 6.86. The van der Waals surface area contributed by atoms with Crippen molar-refractivity contribution < 1.29 is 14.3 Å². The Balaban J connectivity index is 1.47. The summed E-state index contributed by atoms with van der Waals surface area (Å²) in [7, 11) is 0. The van der Waals surface area contributed by atoms with E-state index in [2.05, 4.69) is 34.6 Å². The second-order valence-electron chi connectivity index (χ2n) is 8.04. The van der Waals surface area contributed by atoms with Crippen LogP contribution in [0.5, 0.6) is 5.75 Å². The zero-order valence-electron chi connectivity index (χ0n) is 17.7. The first-order valence-corrected chi connectivity index (χ1v) is 10.0. The SMILES string of the molecule is CC(C)(C)OC(=O)COc1cccc(CNCc2ccc(-c3ccccn3)cc2)c1. The molecule has 1 aromatic heterocycles. The Hall–Kier alpha value is -3.18. The molecule has 0 aliphatic rings. The molecule has 0 amide bonds. The molecule has 1 N–H and O–H groups in total. The number of pyridine rings is 1. The van der Waals surface area contributed by atoms with Gasteiger partial charge in [-0.1, -0.05) is 42.5 Å². The molecule has 0 unspecified atom stereocenters. The number of nitrogens with one attached hydrogen (secondary N) is 1. The Labute approximate surface area is 178 Å². The maximum Gasteiger partial charge on any atom is 0.344 e. The summed E-state index contributed by atoms with van der Waals surface area (Å²) in [5.74, 6) is 0.278. The number of benzene rings is 2. The van der Waals surface area contributed by atoms with Crippen LogP contribution in [0.4, 0.5) is 0 Å². The first kappa shape index (κ1) is 21.5. The first-order chi connectivity index (χ1) is 14.4. The molecule has 0 saturated carbocycles. The lowest BCUT2D eigenvalue weighted by molar-refractivity contribution is -0.157. The van der Waals surface area contributed by atoms with Gasteiger partial charge in [-0.05, 0) is 56.2 Å². The van der Waals surface area contributed by atoms with Gasteiger partial charge < -0.3 is 14.8 Å². The molecule has 0 fully saturated rings. The van der Waals surface area contributed by atoms with Crippen molar-refractivity contribution in [3.63, 3.8) is 0 Å². The van der Waals surface area contributed by atoms with Crippen molar-refractivity contribution in [2.24, 2.45) is 0 Å². The van der Waals surface area contributed by atoms with Crippen molar-refractivity contribution in [3.8, 4) is 17.0 Å². The zero-order chi connectivity index (χ0) is 21.4. The van der Waals surface area contributed by atoms with Crippen molar-refractivity contribution in [2.75, 3.05) is 6.61 Å². The number of carbonyl (C=O) groups excluding carboxylic acids is 1. The third-order valence-corrected chi connectivity index (χ3v) is 4.25. The van der Waals surface area contributed by atoms with Gasteiger partial charge in [-0.2, -0.15) is 0 Å². The molecular formula is C25H28N2O3. The molecule has 30 heavy (non-hydrogen) atoms. The van der Waals surface area contributed by atoms with E-state index in [0.29, 0.717) is 12.3 Å². The van der Waals surface area contributed by atoms with Crippen LogP contribution in [0.25, 0.3) is 11.3 Å². The number of hydrogen-bond acceptors (Lipinski definition) is 5.